The predicted molar refractivity (Wildman–Crippen MR) is 52.2 cm³/mol. The van der Waals surface area contributed by atoms with E-state index in [-0.39, 0.29) is 5.75 Å². The fourth-order valence-electron chi connectivity index (χ4n) is 1.17. The molecule has 0 bridgehead atoms. The molecule has 0 fully saturated rings. The summed E-state index contributed by atoms with van der Waals surface area (Å²) in [5, 5.41) is 0. The van der Waals surface area contributed by atoms with Crippen LogP contribution in [0.25, 0.3) is 0 Å². The highest BCUT2D eigenvalue weighted by molar-refractivity contribution is 6.17. The van der Waals surface area contributed by atoms with Gasteiger partial charge in [0.1, 0.15) is 5.75 Å². The zero-order valence-electron chi connectivity index (χ0n) is 7.85. The Hall–Kier alpha value is -0.900. The maximum Gasteiger partial charge on any atom is 0.573 e. The van der Waals surface area contributed by atoms with E-state index in [1.165, 1.54) is 18.2 Å². The Labute approximate surface area is 90.8 Å². The maximum absolute atomic E-state index is 11.9. The van der Waals surface area contributed by atoms with Gasteiger partial charge in [-0.1, -0.05) is 12.1 Å². The SMILES string of the molecule is FC(F)(F)Oc1cccc(CCCCl)c1. The number of halogens is 4. The summed E-state index contributed by atoms with van der Waals surface area (Å²) in [5.74, 6) is 0.305. The summed E-state index contributed by atoms with van der Waals surface area (Å²) in [7, 11) is 0. The summed E-state index contributed by atoms with van der Waals surface area (Å²) in [4.78, 5) is 0. The minimum Gasteiger partial charge on any atom is -0.406 e. The molecular formula is C10H10ClF3O. The smallest absolute Gasteiger partial charge is 0.406 e. The lowest BCUT2D eigenvalue weighted by Crippen LogP contribution is -2.17. The van der Waals surface area contributed by atoms with E-state index in [4.69, 9.17) is 11.6 Å². The third-order valence-electron chi connectivity index (χ3n) is 1.73. The number of alkyl halides is 4. The minimum atomic E-state index is -4.63. The molecule has 1 aromatic rings. The predicted octanol–water partition coefficient (Wildman–Crippen LogP) is 3.76. The van der Waals surface area contributed by atoms with Gasteiger partial charge < -0.3 is 4.74 Å². The molecule has 0 spiro atoms. The first-order chi connectivity index (χ1) is 7.01. The van der Waals surface area contributed by atoms with E-state index < -0.39 is 6.36 Å². The van der Waals surface area contributed by atoms with Crippen molar-refractivity contribution in [3.8, 4) is 5.75 Å². The molecule has 0 N–H and O–H groups in total. The van der Waals surface area contributed by atoms with Gasteiger partial charge in [0.05, 0.1) is 0 Å². The number of benzene rings is 1. The molecule has 5 heteroatoms. The van der Waals surface area contributed by atoms with Crippen LogP contribution in [0.2, 0.25) is 0 Å². The van der Waals surface area contributed by atoms with E-state index >= 15 is 0 Å². The first kappa shape index (κ1) is 12.2. The van der Waals surface area contributed by atoms with Gasteiger partial charge in [-0.3, -0.25) is 0 Å². The van der Waals surface area contributed by atoms with Crippen LogP contribution >= 0.6 is 11.6 Å². The van der Waals surface area contributed by atoms with E-state index in [0.29, 0.717) is 12.3 Å². The summed E-state index contributed by atoms with van der Waals surface area (Å²) in [6.45, 7) is 0. The van der Waals surface area contributed by atoms with Crippen molar-refractivity contribution in [1.29, 1.82) is 0 Å². The van der Waals surface area contributed by atoms with E-state index in [1.54, 1.807) is 6.07 Å². The van der Waals surface area contributed by atoms with Crippen LogP contribution < -0.4 is 4.74 Å². The van der Waals surface area contributed by atoms with Crippen molar-refractivity contribution in [3.63, 3.8) is 0 Å². The molecule has 0 radical (unpaired) electrons. The lowest BCUT2D eigenvalue weighted by molar-refractivity contribution is -0.274. The fourth-order valence-corrected chi connectivity index (χ4v) is 1.30. The lowest BCUT2D eigenvalue weighted by atomic mass is 10.1. The van der Waals surface area contributed by atoms with Gasteiger partial charge in [-0.05, 0) is 30.5 Å². The molecule has 0 aliphatic rings. The third-order valence-corrected chi connectivity index (χ3v) is 2.00. The average molecular weight is 239 g/mol. The summed E-state index contributed by atoms with van der Waals surface area (Å²) >= 11 is 5.49. The van der Waals surface area contributed by atoms with Crippen LogP contribution in [0.5, 0.6) is 5.75 Å². The minimum absolute atomic E-state index is 0.186. The van der Waals surface area contributed by atoms with E-state index in [9.17, 15) is 13.2 Å². The van der Waals surface area contributed by atoms with Gasteiger partial charge in [0, 0.05) is 5.88 Å². The zero-order chi connectivity index (χ0) is 11.3. The highest BCUT2D eigenvalue weighted by atomic mass is 35.5. The molecule has 0 heterocycles. The molecule has 0 saturated heterocycles. The van der Waals surface area contributed by atoms with Crippen LogP contribution in [0.1, 0.15) is 12.0 Å². The molecule has 0 unspecified atom stereocenters. The molecule has 1 aromatic carbocycles. The number of hydrogen-bond acceptors (Lipinski definition) is 1. The van der Waals surface area contributed by atoms with Crippen LogP contribution in [-0.4, -0.2) is 12.2 Å². The highest BCUT2D eigenvalue weighted by Gasteiger charge is 2.30. The molecule has 0 atom stereocenters. The van der Waals surface area contributed by atoms with E-state index in [2.05, 4.69) is 4.74 Å². The van der Waals surface area contributed by atoms with Gasteiger partial charge >= 0.3 is 6.36 Å². The van der Waals surface area contributed by atoms with Gasteiger partial charge in [-0.15, -0.1) is 24.8 Å². The molecular weight excluding hydrogens is 229 g/mol. The maximum atomic E-state index is 11.9. The Kier molecular flexibility index (Phi) is 4.27. The van der Waals surface area contributed by atoms with Gasteiger partial charge in [-0.2, -0.15) is 0 Å². The first-order valence-corrected chi connectivity index (χ1v) is 4.95. The lowest BCUT2D eigenvalue weighted by Gasteiger charge is -2.09. The van der Waals surface area contributed by atoms with Gasteiger partial charge in [0.2, 0.25) is 0 Å². The molecule has 0 aliphatic carbocycles. The molecule has 1 nitrogen and oxygen atoms in total. The Morgan fingerprint density at radius 2 is 2.00 bits per heavy atom. The molecule has 0 amide bonds. The van der Waals surface area contributed by atoms with Gasteiger partial charge in [0.15, 0.2) is 0 Å². The summed E-state index contributed by atoms with van der Waals surface area (Å²) in [6.07, 6.45) is -3.25. The van der Waals surface area contributed by atoms with Crippen molar-refractivity contribution >= 4 is 11.6 Å². The number of rotatable bonds is 4. The number of ether oxygens (including phenoxy) is 1. The molecule has 0 saturated carbocycles. The fraction of sp³-hybridized carbons (Fsp3) is 0.400. The second-order valence-electron chi connectivity index (χ2n) is 2.99. The Morgan fingerprint density at radius 1 is 1.27 bits per heavy atom. The quantitative estimate of drug-likeness (QED) is 0.726. The number of aryl methyl sites for hydroxylation is 1. The van der Waals surface area contributed by atoms with Crippen molar-refractivity contribution in [2.75, 3.05) is 5.88 Å². The Morgan fingerprint density at radius 3 is 2.60 bits per heavy atom. The summed E-state index contributed by atoms with van der Waals surface area (Å²) in [6, 6.07) is 5.93. The van der Waals surface area contributed by atoms with Gasteiger partial charge in [0.25, 0.3) is 0 Å². The molecule has 0 aromatic heterocycles. The summed E-state index contributed by atoms with van der Waals surface area (Å²) < 4.78 is 39.4. The molecule has 1 rings (SSSR count). The second kappa shape index (κ2) is 5.26. The van der Waals surface area contributed by atoms with Crippen LogP contribution in [0.15, 0.2) is 24.3 Å². The van der Waals surface area contributed by atoms with Crippen molar-refractivity contribution in [2.24, 2.45) is 0 Å². The van der Waals surface area contributed by atoms with Gasteiger partial charge in [-0.25, -0.2) is 0 Å². The summed E-state index contributed by atoms with van der Waals surface area (Å²) in [5.41, 5.74) is 0.789. The molecule has 0 aliphatic heterocycles. The number of hydrogen-bond donors (Lipinski definition) is 0. The topological polar surface area (TPSA) is 9.23 Å². The van der Waals surface area contributed by atoms with Crippen molar-refractivity contribution in [1.82, 2.24) is 0 Å². The highest BCUT2D eigenvalue weighted by Crippen LogP contribution is 2.23. The van der Waals surface area contributed by atoms with Crippen molar-refractivity contribution < 1.29 is 17.9 Å². The third kappa shape index (κ3) is 4.93. The van der Waals surface area contributed by atoms with Crippen LogP contribution in [0, 0.1) is 0 Å². The van der Waals surface area contributed by atoms with Crippen LogP contribution in [0.4, 0.5) is 13.2 Å². The van der Waals surface area contributed by atoms with Crippen molar-refractivity contribution in [3.05, 3.63) is 29.8 Å². The Balaban J connectivity index is 2.66. The largest absolute Gasteiger partial charge is 0.573 e. The second-order valence-corrected chi connectivity index (χ2v) is 3.37. The Bertz CT molecular complexity index is 312. The van der Waals surface area contributed by atoms with Crippen molar-refractivity contribution in [2.45, 2.75) is 19.2 Å². The first-order valence-electron chi connectivity index (χ1n) is 4.42. The van der Waals surface area contributed by atoms with Crippen LogP contribution in [0.3, 0.4) is 0 Å². The molecule has 84 valence electrons. The standard InChI is InChI=1S/C10H10ClF3O/c11-6-2-4-8-3-1-5-9(7-8)15-10(12,13)14/h1,3,5,7H,2,4,6H2. The molecule has 15 heavy (non-hydrogen) atoms. The monoisotopic (exact) mass is 238 g/mol. The van der Waals surface area contributed by atoms with E-state index in [1.807, 2.05) is 0 Å². The normalized spacial score (nSPS) is 11.5. The average Bonchev–Trinajstić information content (AvgIpc) is 2.12. The van der Waals surface area contributed by atoms with E-state index in [0.717, 1.165) is 12.0 Å². The van der Waals surface area contributed by atoms with Crippen LogP contribution in [-0.2, 0) is 6.42 Å². The zero-order valence-corrected chi connectivity index (χ0v) is 8.61.